The largest absolute Gasteiger partial charge is 0.256 e. The number of hydrogen-bond acceptors (Lipinski definition) is 0. The normalized spacial score (nSPS) is 11.5. The highest BCUT2D eigenvalue weighted by atomic mass is 15.1. The van der Waals surface area contributed by atoms with Crippen molar-refractivity contribution >= 4 is 0 Å². The van der Waals surface area contributed by atoms with Crippen molar-refractivity contribution in [2.24, 2.45) is 0 Å². The van der Waals surface area contributed by atoms with Crippen molar-refractivity contribution in [3.05, 3.63) is 18.2 Å². The fourth-order valence-corrected chi connectivity index (χ4v) is 5.33. The fraction of sp³-hybridized carbons (Fsp3) is 0.906. The molecule has 0 aliphatic rings. The fourth-order valence-electron chi connectivity index (χ4n) is 5.33. The summed E-state index contributed by atoms with van der Waals surface area (Å²) < 4.78 is 5.12. The lowest BCUT2D eigenvalue weighted by Crippen LogP contribution is -2.37. The molecule has 1 aromatic rings. The Labute approximate surface area is 215 Å². The van der Waals surface area contributed by atoms with Gasteiger partial charge in [-0.3, -0.25) is 0 Å². The molecular weight excluding hydrogens is 412 g/mol. The molecule has 0 radical (unpaired) electrons. The summed E-state index contributed by atoms with van der Waals surface area (Å²) >= 11 is 0. The van der Waals surface area contributed by atoms with Crippen LogP contribution in [0.15, 0.2) is 12.4 Å². The maximum Gasteiger partial charge on any atom is 0.256 e. The molecule has 0 N–H and O–H groups in total. The maximum absolute atomic E-state index is 2.58. The van der Waals surface area contributed by atoms with Gasteiger partial charge in [0.15, 0.2) is 0 Å². The molecule has 0 saturated carbocycles. The van der Waals surface area contributed by atoms with E-state index in [1.165, 1.54) is 167 Å². The average Bonchev–Trinajstić information content (AvgIpc) is 3.22. The topological polar surface area (TPSA) is 8.81 Å². The highest BCUT2D eigenvalue weighted by Gasteiger charge is 2.15. The van der Waals surface area contributed by atoms with Crippen LogP contribution >= 0.6 is 0 Å². The van der Waals surface area contributed by atoms with Gasteiger partial charge in [0.2, 0.25) is 0 Å². The van der Waals surface area contributed by atoms with Crippen LogP contribution in [0.4, 0.5) is 0 Å². The highest BCUT2D eigenvalue weighted by molar-refractivity contribution is 4.84. The summed E-state index contributed by atoms with van der Waals surface area (Å²) in [7, 11) is 0. The van der Waals surface area contributed by atoms with Gasteiger partial charge in [0.05, 0.1) is 13.1 Å². The maximum atomic E-state index is 2.58. The predicted molar refractivity (Wildman–Crippen MR) is 152 cm³/mol. The Morgan fingerprint density at radius 3 is 1.35 bits per heavy atom. The Bertz CT molecular complexity index is 533. The Morgan fingerprint density at radius 1 is 0.500 bits per heavy atom. The third-order valence-electron chi connectivity index (χ3n) is 7.56. The van der Waals surface area contributed by atoms with Crippen molar-refractivity contribution in [2.75, 3.05) is 0 Å². The molecule has 0 aliphatic heterocycles. The number of unbranched alkanes of at least 4 members (excludes halogenated alkanes) is 20. The van der Waals surface area contributed by atoms with Crippen molar-refractivity contribution < 1.29 is 4.57 Å². The third kappa shape index (κ3) is 16.8. The van der Waals surface area contributed by atoms with Gasteiger partial charge in [0.25, 0.3) is 5.82 Å². The SMILES string of the molecule is CCCCCCCCCCCCCCCn1cc[n+](CCC)c1CCCCCCCCCCC. The number of nitrogens with zero attached hydrogens (tertiary/aromatic N) is 2. The minimum Gasteiger partial charge on any atom is -0.234 e. The molecule has 1 heterocycles. The van der Waals surface area contributed by atoms with E-state index in [2.05, 4.69) is 42.3 Å². The van der Waals surface area contributed by atoms with Crippen LogP contribution in [0.3, 0.4) is 0 Å². The quantitative estimate of drug-likeness (QED) is 0.0930. The van der Waals surface area contributed by atoms with Crippen LogP contribution in [0.1, 0.15) is 174 Å². The van der Waals surface area contributed by atoms with Crippen LogP contribution in [0.5, 0.6) is 0 Å². The first kappa shape index (κ1) is 31.2. The first-order valence-electron chi connectivity index (χ1n) is 15.9. The number of aryl methyl sites for hydroxylation is 2. The molecule has 0 aromatic carbocycles. The molecule has 0 aliphatic carbocycles. The lowest BCUT2D eigenvalue weighted by Gasteiger charge is -2.06. The van der Waals surface area contributed by atoms with E-state index in [-0.39, 0.29) is 0 Å². The summed E-state index contributed by atoms with van der Waals surface area (Å²) in [5, 5.41) is 0. The minimum absolute atomic E-state index is 1.18. The Morgan fingerprint density at radius 2 is 0.912 bits per heavy atom. The summed E-state index contributed by atoms with van der Waals surface area (Å²) in [6.45, 7) is 9.32. The summed E-state index contributed by atoms with van der Waals surface area (Å²) in [6.07, 6.45) is 38.6. The van der Waals surface area contributed by atoms with Crippen molar-refractivity contribution in [3.63, 3.8) is 0 Å². The first-order valence-corrected chi connectivity index (χ1v) is 15.9. The predicted octanol–water partition coefficient (Wildman–Crippen LogP) is 10.4. The molecule has 0 fully saturated rings. The van der Waals surface area contributed by atoms with E-state index >= 15 is 0 Å². The lowest BCUT2D eigenvalue weighted by atomic mass is 10.0. The molecule has 34 heavy (non-hydrogen) atoms. The summed E-state index contributed by atoms with van der Waals surface area (Å²) in [4.78, 5) is 0. The van der Waals surface area contributed by atoms with Crippen LogP contribution in [0.2, 0.25) is 0 Å². The van der Waals surface area contributed by atoms with Crippen LogP contribution in [-0.2, 0) is 19.5 Å². The van der Waals surface area contributed by atoms with Gasteiger partial charge >= 0.3 is 0 Å². The number of rotatable bonds is 26. The Hall–Kier alpha value is -0.790. The molecule has 1 aromatic heterocycles. The molecule has 0 spiro atoms. The monoisotopic (exact) mass is 475 g/mol. The molecule has 2 nitrogen and oxygen atoms in total. The molecule has 0 bridgehead atoms. The van der Waals surface area contributed by atoms with E-state index in [4.69, 9.17) is 0 Å². The summed E-state index contributed by atoms with van der Waals surface area (Å²) in [5.41, 5.74) is 0. The third-order valence-corrected chi connectivity index (χ3v) is 7.56. The zero-order chi connectivity index (χ0) is 24.5. The summed E-state index contributed by atoms with van der Waals surface area (Å²) in [6, 6.07) is 0. The van der Waals surface area contributed by atoms with E-state index in [1.54, 1.807) is 5.82 Å². The lowest BCUT2D eigenvalue weighted by molar-refractivity contribution is -0.703. The van der Waals surface area contributed by atoms with Crippen molar-refractivity contribution in [2.45, 2.75) is 188 Å². The minimum atomic E-state index is 1.18. The molecule has 0 saturated heterocycles. The zero-order valence-electron chi connectivity index (χ0n) is 23.9. The molecule has 0 amide bonds. The van der Waals surface area contributed by atoms with Gasteiger partial charge in [0.1, 0.15) is 12.4 Å². The number of hydrogen-bond donors (Lipinski definition) is 0. The van der Waals surface area contributed by atoms with Gasteiger partial charge in [-0.15, -0.1) is 0 Å². The van der Waals surface area contributed by atoms with E-state index in [1.807, 2.05) is 0 Å². The molecular formula is C32H63N2+. The summed E-state index contributed by atoms with van der Waals surface area (Å²) in [5.74, 6) is 1.59. The van der Waals surface area contributed by atoms with Crippen molar-refractivity contribution in [3.8, 4) is 0 Å². The molecule has 0 unspecified atom stereocenters. The second-order valence-corrected chi connectivity index (χ2v) is 10.9. The van der Waals surface area contributed by atoms with E-state index in [0.29, 0.717) is 0 Å². The van der Waals surface area contributed by atoms with Crippen molar-refractivity contribution in [1.82, 2.24) is 4.57 Å². The van der Waals surface area contributed by atoms with Gasteiger partial charge in [0, 0.05) is 6.42 Å². The van der Waals surface area contributed by atoms with Crippen LogP contribution in [0.25, 0.3) is 0 Å². The van der Waals surface area contributed by atoms with Gasteiger partial charge in [-0.2, -0.15) is 0 Å². The highest BCUT2D eigenvalue weighted by Crippen LogP contribution is 2.14. The van der Waals surface area contributed by atoms with E-state index < -0.39 is 0 Å². The molecule has 2 heteroatoms. The van der Waals surface area contributed by atoms with E-state index in [0.717, 1.165) is 0 Å². The van der Waals surface area contributed by atoms with Crippen LogP contribution in [-0.4, -0.2) is 4.57 Å². The standard InChI is InChI=1S/C32H63N2/c1-4-7-9-11-13-15-16-17-18-20-22-24-26-29-34-31-30-33(28-6-3)32(34)27-25-23-21-19-14-12-10-8-5-2/h30-31H,4-29H2,1-3H3/q+1. The van der Waals surface area contributed by atoms with Crippen LogP contribution < -0.4 is 4.57 Å². The van der Waals surface area contributed by atoms with Crippen molar-refractivity contribution in [1.29, 1.82) is 0 Å². The number of aromatic nitrogens is 2. The molecule has 0 atom stereocenters. The number of imidazole rings is 1. The zero-order valence-corrected chi connectivity index (χ0v) is 23.9. The average molecular weight is 476 g/mol. The van der Waals surface area contributed by atoms with Gasteiger partial charge < -0.3 is 0 Å². The van der Waals surface area contributed by atoms with Gasteiger partial charge in [-0.05, 0) is 25.7 Å². The Kier molecular flexibility index (Phi) is 22.0. The Balaban J connectivity index is 2.11. The smallest absolute Gasteiger partial charge is 0.234 e. The molecule has 1 rings (SSSR count). The van der Waals surface area contributed by atoms with E-state index in [9.17, 15) is 0 Å². The second kappa shape index (κ2) is 23.9. The van der Waals surface area contributed by atoms with Crippen LogP contribution in [0, 0.1) is 0 Å². The first-order chi connectivity index (χ1) is 16.8. The van der Waals surface area contributed by atoms with Gasteiger partial charge in [-0.1, -0.05) is 143 Å². The van der Waals surface area contributed by atoms with Gasteiger partial charge in [-0.25, -0.2) is 9.13 Å². The second-order valence-electron chi connectivity index (χ2n) is 10.9. The molecule has 200 valence electrons.